The van der Waals surface area contributed by atoms with Gasteiger partial charge in [0.15, 0.2) is 0 Å². The molecule has 1 aliphatic rings. The van der Waals surface area contributed by atoms with Gasteiger partial charge in [0.25, 0.3) is 0 Å². The Kier molecular flexibility index (Phi) is 4.12. The van der Waals surface area contributed by atoms with Crippen LogP contribution in [0.1, 0.15) is 15.9 Å². The van der Waals surface area contributed by atoms with Gasteiger partial charge in [-0.05, 0) is 30.2 Å². The average molecular weight is 318 g/mol. The van der Waals surface area contributed by atoms with Crippen LogP contribution in [0, 0.1) is 0 Å². The predicted octanol–water partition coefficient (Wildman–Crippen LogP) is 3.21. The molecule has 21 heavy (non-hydrogen) atoms. The molecule has 0 aromatic heterocycles. The lowest BCUT2D eigenvalue weighted by Gasteiger charge is -2.10. The molecule has 0 saturated heterocycles. The summed E-state index contributed by atoms with van der Waals surface area (Å²) in [6.07, 6.45) is 0.891. The highest BCUT2D eigenvalue weighted by molar-refractivity contribution is 8.01. The molecule has 2 aromatic rings. The predicted molar refractivity (Wildman–Crippen MR) is 84.5 cm³/mol. The highest BCUT2D eigenvalue weighted by Crippen LogP contribution is 2.37. The van der Waals surface area contributed by atoms with E-state index in [1.54, 1.807) is 30.0 Å². The zero-order valence-corrected chi connectivity index (χ0v) is 12.8. The van der Waals surface area contributed by atoms with Crippen LogP contribution in [0.3, 0.4) is 0 Å². The first kappa shape index (κ1) is 14.4. The SMILES string of the molecule is O=C(O)c1ccccc1S(=O)CC1Cc2ccccc2S1. The quantitative estimate of drug-likeness (QED) is 0.940. The lowest BCUT2D eigenvalue weighted by atomic mass is 10.1. The molecule has 0 saturated carbocycles. The lowest BCUT2D eigenvalue weighted by molar-refractivity contribution is 0.0693. The van der Waals surface area contributed by atoms with Crippen molar-refractivity contribution in [3.8, 4) is 0 Å². The number of hydrogen-bond acceptors (Lipinski definition) is 3. The van der Waals surface area contributed by atoms with Gasteiger partial charge in [0, 0.05) is 15.9 Å². The normalized spacial score (nSPS) is 18.2. The van der Waals surface area contributed by atoms with Crippen LogP contribution in [0.2, 0.25) is 0 Å². The van der Waals surface area contributed by atoms with Crippen LogP contribution in [-0.2, 0) is 17.2 Å². The van der Waals surface area contributed by atoms with Crippen LogP contribution in [-0.4, -0.2) is 26.3 Å². The molecule has 2 aromatic carbocycles. The van der Waals surface area contributed by atoms with E-state index >= 15 is 0 Å². The molecule has 3 rings (SSSR count). The van der Waals surface area contributed by atoms with Crippen LogP contribution in [0.4, 0.5) is 0 Å². The summed E-state index contributed by atoms with van der Waals surface area (Å²) in [5.74, 6) is -0.551. The standard InChI is InChI=1S/C16H14O3S2/c17-16(18)13-6-2-4-8-15(13)21(19)10-12-9-11-5-1-3-7-14(11)20-12/h1-8,12H,9-10H2,(H,17,18). The van der Waals surface area contributed by atoms with E-state index < -0.39 is 16.8 Å². The van der Waals surface area contributed by atoms with Crippen LogP contribution in [0.5, 0.6) is 0 Å². The molecule has 5 heteroatoms. The van der Waals surface area contributed by atoms with Gasteiger partial charge in [-0.2, -0.15) is 0 Å². The van der Waals surface area contributed by atoms with Gasteiger partial charge in [-0.25, -0.2) is 4.79 Å². The monoisotopic (exact) mass is 318 g/mol. The maximum absolute atomic E-state index is 12.5. The minimum atomic E-state index is -1.30. The largest absolute Gasteiger partial charge is 0.478 e. The summed E-state index contributed by atoms with van der Waals surface area (Å²) in [5.41, 5.74) is 1.42. The Morgan fingerprint density at radius 3 is 2.67 bits per heavy atom. The number of carbonyl (C=O) groups is 1. The molecule has 108 valence electrons. The molecule has 0 amide bonds. The number of carboxylic acids is 1. The second kappa shape index (κ2) is 6.03. The van der Waals surface area contributed by atoms with Crippen molar-refractivity contribution in [3.05, 3.63) is 59.7 Å². The molecule has 3 nitrogen and oxygen atoms in total. The molecule has 2 atom stereocenters. The Morgan fingerprint density at radius 1 is 1.19 bits per heavy atom. The van der Waals surface area contributed by atoms with Gasteiger partial charge in [-0.1, -0.05) is 30.3 Å². The Balaban J connectivity index is 1.76. The number of carboxylic acid groups (broad SMARTS) is 1. The van der Waals surface area contributed by atoms with E-state index in [2.05, 4.69) is 12.1 Å². The van der Waals surface area contributed by atoms with Crippen LogP contribution >= 0.6 is 11.8 Å². The van der Waals surface area contributed by atoms with Crippen LogP contribution in [0.15, 0.2) is 58.3 Å². The minimum Gasteiger partial charge on any atom is -0.478 e. The Hall–Kier alpha value is -1.59. The van der Waals surface area contributed by atoms with E-state index in [0.717, 1.165) is 6.42 Å². The van der Waals surface area contributed by atoms with Crippen LogP contribution in [0.25, 0.3) is 0 Å². The molecular weight excluding hydrogens is 304 g/mol. The van der Waals surface area contributed by atoms with Crippen molar-refractivity contribution in [2.24, 2.45) is 0 Å². The zero-order chi connectivity index (χ0) is 14.8. The van der Waals surface area contributed by atoms with Crippen molar-refractivity contribution >= 4 is 28.5 Å². The first-order valence-electron chi connectivity index (χ1n) is 6.60. The van der Waals surface area contributed by atoms with Crippen molar-refractivity contribution < 1.29 is 14.1 Å². The fourth-order valence-electron chi connectivity index (χ4n) is 2.45. The molecule has 0 spiro atoms. The number of fused-ring (bicyclic) bond motifs is 1. The third kappa shape index (κ3) is 3.04. The molecule has 1 N–H and O–H groups in total. The fourth-order valence-corrected chi connectivity index (χ4v) is 5.44. The van der Waals surface area contributed by atoms with E-state index in [-0.39, 0.29) is 10.8 Å². The zero-order valence-electron chi connectivity index (χ0n) is 11.2. The average Bonchev–Trinajstić information content (AvgIpc) is 2.89. The van der Waals surface area contributed by atoms with E-state index in [1.165, 1.54) is 16.5 Å². The van der Waals surface area contributed by atoms with Crippen molar-refractivity contribution in [1.82, 2.24) is 0 Å². The molecule has 0 fully saturated rings. The Bertz CT molecular complexity index is 687. The molecule has 0 aliphatic carbocycles. The first-order valence-corrected chi connectivity index (χ1v) is 8.80. The van der Waals surface area contributed by atoms with Crippen LogP contribution < -0.4 is 0 Å². The van der Waals surface area contributed by atoms with Gasteiger partial charge in [0.05, 0.1) is 21.3 Å². The second-order valence-corrected chi connectivity index (χ2v) is 7.67. The van der Waals surface area contributed by atoms with Crippen molar-refractivity contribution in [2.75, 3.05) is 5.75 Å². The number of benzene rings is 2. The lowest BCUT2D eigenvalue weighted by Crippen LogP contribution is -2.15. The van der Waals surface area contributed by atoms with Gasteiger partial charge in [0.2, 0.25) is 0 Å². The highest BCUT2D eigenvalue weighted by atomic mass is 32.2. The van der Waals surface area contributed by atoms with E-state index in [0.29, 0.717) is 10.6 Å². The summed E-state index contributed by atoms with van der Waals surface area (Å²) in [4.78, 5) is 12.9. The highest BCUT2D eigenvalue weighted by Gasteiger charge is 2.25. The summed E-state index contributed by atoms with van der Waals surface area (Å²) in [7, 11) is -1.30. The first-order chi connectivity index (χ1) is 10.1. The van der Waals surface area contributed by atoms with E-state index in [9.17, 15) is 14.1 Å². The summed E-state index contributed by atoms with van der Waals surface area (Å²) in [6, 6.07) is 14.7. The van der Waals surface area contributed by atoms with Gasteiger partial charge in [-0.3, -0.25) is 4.21 Å². The van der Waals surface area contributed by atoms with Gasteiger partial charge >= 0.3 is 5.97 Å². The van der Waals surface area contributed by atoms with Gasteiger partial charge in [0.1, 0.15) is 0 Å². The molecular formula is C16H14O3S2. The molecule has 2 unspecified atom stereocenters. The summed E-state index contributed by atoms with van der Waals surface area (Å²) in [5, 5.41) is 9.42. The summed E-state index contributed by atoms with van der Waals surface area (Å²) >= 11 is 1.73. The van der Waals surface area contributed by atoms with E-state index in [1.807, 2.05) is 12.1 Å². The maximum Gasteiger partial charge on any atom is 0.336 e. The third-order valence-corrected chi connectivity index (χ3v) is 6.50. The smallest absolute Gasteiger partial charge is 0.336 e. The Labute approximate surface area is 129 Å². The molecule has 1 heterocycles. The number of rotatable bonds is 4. The molecule has 0 radical (unpaired) electrons. The van der Waals surface area contributed by atoms with Gasteiger partial charge < -0.3 is 5.11 Å². The van der Waals surface area contributed by atoms with Crippen molar-refractivity contribution in [2.45, 2.75) is 21.5 Å². The number of aromatic carboxylic acids is 1. The molecule has 1 aliphatic heterocycles. The van der Waals surface area contributed by atoms with Crippen molar-refractivity contribution in [3.63, 3.8) is 0 Å². The summed E-state index contributed by atoms with van der Waals surface area (Å²) in [6.45, 7) is 0. The number of thioether (sulfide) groups is 1. The van der Waals surface area contributed by atoms with Gasteiger partial charge in [-0.15, -0.1) is 11.8 Å². The topological polar surface area (TPSA) is 54.4 Å². The fraction of sp³-hybridized carbons (Fsp3) is 0.188. The number of hydrogen-bond donors (Lipinski definition) is 1. The Morgan fingerprint density at radius 2 is 1.90 bits per heavy atom. The summed E-state index contributed by atoms with van der Waals surface area (Å²) < 4.78 is 12.5. The minimum absolute atomic E-state index is 0.136. The maximum atomic E-state index is 12.5. The molecule has 0 bridgehead atoms. The second-order valence-electron chi connectivity index (χ2n) is 4.87. The van der Waals surface area contributed by atoms with E-state index in [4.69, 9.17) is 0 Å². The third-order valence-electron chi connectivity index (χ3n) is 3.41. The van der Waals surface area contributed by atoms with Crippen molar-refractivity contribution in [1.29, 1.82) is 0 Å².